The normalized spacial score (nSPS) is 19.7. The number of carbonyl (C=O) groups is 1. The second kappa shape index (κ2) is 5.74. The molecule has 0 saturated carbocycles. The Kier molecular flexibility index (Phi) is 4.27. The second-order valence-electron chi connectivity index (χ2n) is 4.93. The first kappa shape index (κ1) is 13.4. The summed E-state index contributed by atoms with van der Waals surface area (Å²) in [6.07, 6.45) is 2.24. The van der Waals surface area contributed by atoms with Crippen LogP contribution in [0.15, 0.2) is 24.3 Å². The SMILES string of the molecule is CN(C)c1ccc(C(=O)N2CCCC(Br)C2)cc1. The van der Waals surface area contributed by atoms with Crippen molar-refractivity contribution in [2.75, 3.05) is 32.1 Å². The number of nitrogens with zero attached hydrogens (tertiary/aromatic N) is 2. The first-order valence-corrected chi connectivity index (χ1v) is 7.20. The minimum atomic E-state index is 0.143. The molecule has 1 fully saturated rings. The molecule has 0 aromatic heterocycles. The summed E-state index contributed by atoms with van der Waals surface area (Å²) >= 11 is 3.60. The lowest BCUT2D eigenvalue weighted by atomic mass is 10.1. The number of amides is 1. The van der Waals surface area contributed by atoms with Gasteiger partial charge in [-0.1, -0.05) is 15.9 Å². The van der Waals surface area contributed by atoms with Gasteiger partial charge in [0.25, 0.3) is 5.91 Å². The number of likely N-dealkylation sites (tertiary alicyclic amines) is 1. The predicted octanol–water partition coefficient (Wildman–Crippen LogP) is 2.75. The van der Waals surface area contributed by atoms with Crippen molar-refractivity contribution in [1.82, 2.24) is 4.90 Å². The highest BCUT2D eigenvalue weighted by atomic mass is 79.9. The van der Waals surface area contributed by atoms with Gasteiger partial charge < -0.3 is 9.80 Å². The Labute approximate surface area is 117 Å². The van der Waals surface area contributed by atoms with Crippen molar-refractivity contribution in [3.8, 4) is 0 Å². The zero-order valence-electron chi connectivity index (χ0n) is 10.9. The highest BCUT2D eigenvalue weighted by Gasteiger charge is 2.22. The average molecular weight is 311 g/mol. The van der Waals surface area contributed by atoms with Crippen LogP contribution in [-0.2, 0) is 0 Å². The molecule has 0 aliphatic carbocycles. The molecule has 18 heavy (non-hydrogen) atoms. The first-order valence-electron chi connectivity index (χ1n) is 6.28. The van der Waals surface area contributed by atoms with Crippen molar-refractivity contribution in [1.29, 1.82) is 0 Å². The molecule has 1 saturated heterocycles. The molecule has 1 heterocycles. The van der Waals surface area contributed by atoms with Crippen molar-refractivity contribution in [3.63, 3.8) is 0 Å². The molecule has 0 bridgehead atoms. The second-order valence-corrected chi connectivity index (χ2v) is 6.23. The molecule has 1 aliphatic rings. The molecule has 1 unspecified atom stereocenters. The molecule has 1 atom stereocenters. The number of hydrogen-bond acceptors (Lipinski definition) is 2. The van der Waals surface area contributed by atoms with Gasteiger partial charge in [-0.05, 0) is 37.1 Å². The fourth-order valence-electron chi connectivity index (χ4n) is 2.19. The minimum Gasteiger partial charge on any atom is -0.378 e. The number of alkyl halides is 1. The van der Waals surface area contributed by atoms with E-state index in [-0.39, 0.29) is 5.91 Å². The standard InChI is InChI=1S/C14H19BrN2O/c1-16(2)13-7-5-11(6-8-13)14(18)17-9-3-4-12(15)10-17/h5-8,12H,3-4,9-10H2,1-2H3. The lowest BCUT2D eigenvalue weighted by molar-refractivity contribution is 0.0730. The molecule has 1 aliphatic heterocycles. The van der Waals surface area contributed by atoms with Crippen molar-refractivity contribution in [2.45, 2.75) is 17.7 Å². The van der Waals surface area contributed by atoms with Gasteiger partial charge in [0.05, 0.1) is 0 Å². The van der Waals surface area contributed by atoms with Crippen LogP contribution < -0.4 is 4.90 Å². The van der Waals surface area contributed by atoms with E-state index in [0.717, 1.165) is 37.2 Å². The molecule has 0 N–H and O–H groups in total. The molecule has 0 spiro atoms. The van der Waals surface area contributed by atoms with E-state index < -0.39 is 0 Å². The Hall–Kier alpha value is -1.03. The quantitative estimate of drug-likeness (QED) is 0.784. The topological polar surface area (TPSA) is 23.6 Å². The summed E-state index contributed by atoms with van der Waals surface area (Å²) in [5.41, 5.74) is 1.89. The van der Waals surface area contributed by atoms with Crippen LogP contribution in [0.1, 0.15) is 23.2 Å². The van der Waals surface area contributed by atoms with Gasteiger partial charge in [-0.15, -0.1) is 0 Å². The smallest absolute Gasteiger partial charge is 0.253 e. The van der Waals surface area contributed by atoms with E-state index >= 15 is 0 Å². The molecule has 4 heteroatoms. The van der Waals surface area contributed by atoms with Gasteiger partial charge in [0.1, 0.15) is 0 Å². The number of piperidine rings is 1. The Morgan fingerprint density at radius 2 is 2.00 bits per heavy atom. The molecule has 1 amide bonds. The van der Waals surface area contributed by atoms with Crippen LogP contribution in [0.25, 0.3) is 0 Å². The van der Waals surface area contributed by atoms with Gasteiger partial charge >= 0.3 is 0 Å². The number of hydrogen-bond donors (Lipinski definition) is 0. The van der Waals surface area contributed by atoms with Crippen LogP contribution in [0, 0.1) is 0 Å². The molecule has 0 radical (unpaired) electrons. The van der Waals surface area contributed by atoms with Crippen LogP contribution in [0.5, 0.6) is 0 Å². The molecule has 3 nitrogen and oxygen atoms in total. The maximum absolute atomic E-state index is 12.3. The van der Waals surface area contributed by atoms with Crippen LogP contribution in [0.2, 0.25) is 0 Å². The van der Waals surface area contributed by atoms with E-state index in [4.69, 9.17) is 0 Å². The van der Waals surface area contributed by atoms with Gasteiger partial charge in [-0.2, -0.15) is 0 Å². The fraction of sp³-hybridized carbons (Fsp3) is 0.500. The summed E-state index contributed by atoms with van der Waals surface area (Å²) in [5.74, 6) is 0.143. The largest absolute Gasteiger partial charge is 0.378 e. The Balaban J connectivity index is 2.08. The van der Waals surface area contributed by atoms with Crippen LogP contribution in [0.4, 0.5) is 5.69 Å². The van der Waals surface area contributed by atoms with Crippen molar-refractivity contribution >= 4 is 27.5 Å². The number of rotatable bonds is 2. The summed E-state index contributed by atoms with van der Waals surface area (Å²) in [6.45, 7) is 1.69. The zero-order valence-corrected chi connectivity index (χ0v) is 12.5. The van der Waals surface area contributed by atoms with Crippen LogP contribution in [-0.4, -0.2) is 42.8 Å². The van der Waals surface area contributed by atoms with Gasteiger partial charge in [-0.3, -0.25) is 4.79 Å². The van der Waals surface area contributed by atoms with E-state index in [9.17, 15) is 4.79 Å². The van der Waals surface area contributed by atoms with Gasteiger partial charge in [0.2, 0.25) is 0 Å². The monoisotopic (exact) mass is 310 g/mol. The first-order chi connectivity index (χ1) is 8.58. The lowest BCUT2D eigenvalue weighted by Crippen LogP contribution is -2.40. The fourth-order valence-corrected chi connectivity index (χ4v) is 2.87. The van der Waals surface area contributed by atoms with E-state index in [2.05, 4.69) is 15.9 Å². The molecule has 98 valence electrons. The Morgan fingerprint density at radius 3 is 2.56 bits per heavy atom. The van der Waals surface area contributed by atoms with Crippen LogP contribution >= 0.6 is 15.9 Å². The Bertz CT molecular complexity index is 416. The van der Waals surface area contributed by atoms with Crippen molar-refractivity contribution in [2.24, 2.45) is 0 Å². The van der Waals surface area contributed by atoms with Crippen LogP contribution in [0.3, 0.4) is 0 Å². The molecule has 2 rings (SSSR count). The number of carbonyl (C=O) groups excluding carboxylic acids is 1. The van der Waals surface area contributed by atoms with E-state index in [1.54, 1.807) is 0 Å². The highest BCUT2D eigenvalue weighted by molar-refractivity contribution is 9.09. The van der Waals surface area contributed by atoms with Gasteiger partial charge in [0.15, 0.2) is 0 Å². The van der Waals surface area contributed by atoms with E-state index in [1.165, 1.54) is 0 Å². The maximum Gasteiger partial charge on any atom is 0.253 e. The summed E-state index contributed by atoms with van der Waals surface area (Å²) in [6, 6.07) is 7.80. The molecule has 1 aromatic rings. The Morgan fingerprint density at radius 1 is 1.33 bits per heavy atom. The number of halogens is 1. The molecule has 1 aromatic carbocycles. The third-order valence-corrected chi connectivity index (χ3v) is 4.03. The predicted molar refractivity (Wildman–Crippen MR) is 78.6 cm³/mol. The summed E-state index contributed by atoms with van der Waals surface area (Å²) in [4.78, 5) is 16.7. The lowest BCUT2D eigenvalue weighted by Gasteiger charge is -2.30. The van der Waals surface area contributed by atoms with E-state index in [1.807, 2.05) is 48.2 Å². The van der Waals surface area contributed by atoms with Crippen molar-refractivity contribution < 1.29 is 4.79 Å². The third kappa shape index (κ3) is 3.05. The van der Waals surface area contributed by atoms with E-state index in [0.29, 0.717) is 4.83 Å². The molecular formula is C14H19BrN2O. The summed E-state index contributed by atoms with van der Waals surface area (Å²) in [5, 5.41) is 0. The number of anilines is 1. The highest BCUT2D eigenvalue weighted by Crippen LogP contribution is 2.20. The third-order valence-electron chi connectivity index (χ3n) is 3.28. The summed E-state index contributed by atoms with van der Waals surface area (Å²) < 4.78 is 0. The number of benzene rings is 1. The zero-order chi connectivity index (χ0) is 13.1. The molecular weight excluding hydrogens is 292 g/mol. The average Bonchev–Trinajstić information content (AvgIpc) is 2.38. The van der Waals surface area contributed by atoms with Gasteiger partial charge in [-0.25, -0.2) is 0 Å². The maximum atomic E-state index is 12.3. The minimum absolute atomic E-state index is 0.143. The van der Waals surface area contributed by atoms with Crippen molar-refractivity contribution in [3.05, 3.63) is 29.8 Å². The summed E-state index contributed by atoms with van der Waals surface area (Å²) in [7, 11) is 3.99. The van der Waals surface area contributed by atoms with Gasteiger partial charge in [0, 0.05) is 43.3 Å².